The third kappa shape index (κ3) is 6.17. The van der Waals surface area contributed by atoms with Gasteiger partial charge in [0.1, 0.15) is 0 Å². The molecule has 118 valence electrons. The van der Waals surface area contributed by atoms with Gasteiger partial charge in [-0.05, 0) is 24.3 Å². The molecule has 0 spiro atoms. The monoisotopic (exact) mass is 291 g/mol. The maximum atomic E-state index is 11.4. The van der Waals surface area contributed by atoms with Gasteiger partial charge in [-0.2, -0.15) is 0 Å². The Bertz CT molecular complexity index is 429. The highest BCUT2D eigenvalue weighted by molar-refractivity contribution is 5.73. The largest absolute Gasteiger partial charge is 0.337 e. The lowest BCUT2D eigenvalue weighted by molar-refractivity contribution is 0.217. The first-order chi connectivity index (χ1) is 9.83. The molecule has 0 aliphatic heterocycles. The number of carbonyl (C=O) groups is 1. The van der Waals surface area contributed by atoms with Gasteiger partial charge in [-0.15, -0.1) is 0 Å². The summed E-state index contributed by atoms with van der Waals surface area (Å²) >= 11 is 0. The van der Waals surface area contributed by atoms with E-state index in [1.165, 1.54) is 5.56 Å². The summed E-state index contributed by atoms with van der Waals surface area (Å²) in [5.74, 6) is 0. The summed E-state index contributed by atoms with van der Waals surface area (Å²) in [4.78, 5) is 12.9. The molecule has 0 aliphatic rings. The van der Waals surface area contributed by atoms with Crippen LogP contribution in [-0.4, -0.2) is 44.2 Å². The van der Waals surface area contributed by atoms with Crippen molar-refractivity contribution in [2.45, 2.75) is 38.6 Å². The lowest BCUT2D eigenvalue weighted by Crippen LogP contribution is -2.41. The van der Waals surface area contributed by atoms with Gasteiger partial charge in [-0.25, -0.2) is 4.79 Å². The fraction of sp³-hybridized carbons (Fsp3) is 0.588. The van der Waals surface area contributed by atoms with Gasteiger partial charge < -0.3 is 15.5 Å². The predicted octanol–water partition coefficient (Wildman–Crippen LogP) is 2.60. The number of hydrogen-bond donors (Lipinski definition) is 2. The third-order valence-electron chi connectivity index (χ3n) is 3.67. The molecule has 21 heavy (non-hydrogen) atoms. The molecule has 0 aliphatic carbocycles. The van der Waals surface area contributed by atoms with Crippen LogP contribution in [0.3, 0.4) is 0 Å². The van der Waals surface area contributed by atoms with Gasteiger partial charge in [0.25, 0.3) is 0 Å². The number of rotatable bonds is 7. The summed E-state index contributed by atoms with van der Waals surface area (Å²) in [7, 11) is 3.49. The highest BCUT2D eigenvalue weighted by atomic mass is 16.2. The number of amides is 2. The first-order valence-corrected chi connectivity index (χ1v) is 7.57. The first-order valence-electron chi connectivity index (χ1n) is 7.57. The highest BCUT2D eigenvalue weighted by Crippen LogP contribution is 2.27. The topological polar surface area (TPSA) is 44.4 Å². The maximum Gasteiger partial charge on any atom is 0.316 e. The Labute approximate surface area is 128 Å². The number of nitrogens with zero attached hydrogens (tertiary/aromatic N) is 1. The van der Waals surface area contributed by atoms with Crippen LogP contribution in [0.4, 0.5) is 4.79 Å². The van der Waals surface area contributed by atoms with Crippen LogP contribution in [0.15, 0.2) is 30.3 Å². The minimum absolute atomic E-state index is 0.0472. The van der Waals surface area contributed by atoms with Crippen LogP contribution in [0.5, 0.6) is 0 Å². The van der Waals surface area contributed by atoms with Crippen LogP contribution >= 0.6 is 0 Å². The molecule has 0 bridgehead atoms. The first kappa shape index (κ1) is 17.5. The summed E-state index contributed by atoms with van der Waals surface area (Å²) in [5.41, 5.74) is 1.50. The van der Waals surface area contributed by atoms with Crippen LogP contribution < -0.4 is 10.6 Å². The molecule has 4 heteroatoms. The molecule has 0 fully saturated rings. The fourth-order valence-corrected chi connectivity index (χ4v) is 2.49. The maximum absolute atomic E-state index is 11.4. The van der Waals surface area contributed by atoms with E-state index in [2.05, 4.69) is 61.7 Å². The fourth-order valence-electron chi connectivity index (χ4n) is 2.49. The summed E-state index contributed by atoms with van der Waals surface area (Å²) < 4.78 is 0. The number of carbonyl (C=O) groups excluding carboxylic acids is 1. The van der Waals surface area contributed by atoms with Crippen molar-refractivity contribution < 1.29 is 4.79 Å². The van der Waals surface area contributed by atoms with E-state index < -0.39 is 0 Å². The summed E-state index contributed by atoms with van der Waals surface area (Å²) in [5, 5.41) is 6.33. The van der Waals surface area contributed by atoms with Gasteiger partial charge in [0, 0.05) is 33.2 Å². The van der Waals surface area contributed by atoms with E-state index in [0.717, 1.165) is 13.0 Å². The molecule has 0 saturated heterocycles. The van der Waals surface area contributed by atoms with Crippen molar-refractivity contribution >= 4 is 6.03 Å². The predicted molar refractivity (Wildman–Crippen MR) is 88.6 cm³/mol. The van der Waals surface area contributed by atoms with Crippen LogP contribution in [0, 0.1) is 0 Å². The number of nitrogens with one attached hydrogen (secondary N) is 2. The Hall–Kier alpha value is -1.55. The zero-order chi connectivity index (χ0) is 15.9. The Morgan fingerprint density at radius 3 is 2.38 bits per heavy atom. The minimum Gasteiger partial charge on any atom is -0.337 e. The Morgan fingerprint density at radius 2 is 1.81 bits per heavy atom. The van der Waals surface area contributed by atoms with E-state index in [0.29, 0.717) is 12.6 Å². The van der Waals surface area contributed by atoms with Crippen molar-refractivity contribution in [1.82, 2.24) is 15.5 Å². The second kappa shape index (κ2) is 8.03. The molecule has 1 unspecified atom stereocenters. The quantitative estimate of drug-likeness (QED) is 0.759. The molecular formula is C17H29N3O. The molecule has 2 amide bonds. The second-order valence-corrected chi connectivity index (χ2v) is 6.44. The van der Waals surface area contributed by atoms with Gasteiger partial charge >= 0.3 is 6.03 Å². The van der Waals surface area contributed by atoms with Crippen molar-refractivity contribution in [2.24, 2.45) is 0 Å². The van der Waals surface area contributed by atoms with Crippen molar-refractivity contribution in [3.05, 3.63) is 35.9 Å². The van der Waals surface area contributed by atoms with E-state index in [1.807, 2.05) is 0 Å². The molecular weight excluding hydrogens is 262 g/mol. The molecule has 1 atom stereocenters. The van der Waals surface area contributed by atoms with Crippen LogP contribution in [0.25, 0.3) is 0 Å². The van der Waals surface area contributed by atoms with Crippen molar-refractivity contribution in [3.8, 4) is 0 Å². The van der Waals surface area contributed by atoms with Gasteiger partial charge in [0.15, 0.2) is 0 Å². The van der Waals surface area contributed by atoms with Gasteiger partial charge in [0.2, 0.25) is 0 Å². The van der Waals surface area contributed by atoms with E-state index in [4.69, 9.17) is 0 Å². The molecule has 1 aromatic rings. The van der Waals surface area contributed by atoms with Gasteiger partial charge in [0.05, 0.1) is 0 Å². The zero-order valence-corrected chi connectivity index (χ0v) is 13.9. The SMILES string of the molecule is CC(CC(C)(C)c1ccccc1)NCCNC(=O)N(C)C. The van der Waals surface area contributed by atoms with Crippen LogP contribution in [0.2, 0.25) is 0 Å². The average molecular weight is 291 g/mol. The normalized spacial score (nSPS) is 12.8. The Balaban J connectivity index is 2.33. The Morgan fingerprint density at radius 1 is 1.19 bits per heavy atom. The van der Waals surface area contributed by atoms with Crippen molar-refractivity contribution in [2.75, 3.05) is 27.2 Å². The van der Waals surface area contributed by atoms with E-state index in [-0.39, 0.29) is 11.4 Å². The van der Waals surface area contributed by atoms with E-state index in [9.17, 15) is 4.79 Å². The van der Waals surface area contributed by atoms with Crippen molar-refractivity contribution in [1.29, 1.82) is 0 Å². The number of benzene rings is 1. The number of hydrogen-bond acceptors (Lipinski definition) is 2. The molecule has 4 nitrogen and oxygen atoms in total. The molecule has 0 saturated carbocycles. The molecule has 2 N–H and O–H groups in total. The van der Waals surface area contributed by atoms with E-state index in [1.54, 1.807) is 19.0 Å². The van der Waals surface area contributed by atoms with Crippen LogP contribution in [0.1, 0.15) is 32.8 Å². The minimum atomic E-state index is -0.0472. The summed E-state index contributed by atoms with van der Waals surface area (Å²) in [6.07, 6.45) is 1.05. The molecule has 1 rings (SSSR count). The summed E-state index contributed by atoms with van der Waals surface area (Å²) in [6.45, 7) is 8.17. The lowest BCUT2D eigenvalue weighted by atomic mass is 9.79. The van der Waals surface area contributed by atoms with Crippen LogP contribution in [-0.2, 0) is 5.41 Å². The smallest absolute Gasteiger partial charge is 0.316 e. The van der Waals surface area contributed by atoms with Crippen molar-refractivity contribution in [3.63, 3.8) is 0 Å². The second-order valence-electron chi connectivity index (χ2n) is 6.44. The van der Waals surface area contributed by atoms with Gasteiger partial charge in [-0.3, -0.25) is 0 Å². The lowest BCUT2D eigenvalue weighted by Gasteiger charge is -2.29. The average Bonchev–Trinajstić information content (AvgIpc) is 2.43. The zero-order valence-electron chi connectivity index (χ0n) is 13.9. The molecule has 0 heterocycles. The standard InChI is InChI=1S/C17H29N3O/c1-14(18-11-12-19-16(21)20(4)5)13-17(2,3)15-9-7-6-8-10-15/h6-10,14,18H,11-13H2,1-5H3,(H,19,21). The summed E-state index contributed by atoms with van der Waals surface area (Å²) in [6, 6.07) is 11.0. The highest BCUT2D eigenvalue weighted by Gasteiger charge is 2.22. The molecule has 1 aromatic carbocycles. The van der Waals surface area contributed by atoms with Gasteiger partial charge in [-0.1, -0.05) is 44.2 Å². The molecule has 0 aromatic heterocycles. The Kier molecular flexibility index (Phi) is 6.69. The molecule has 0 radical (unpaired) electrons. The third-order valence-corrected chi connectivity index (χ3v) is 3.67. The number of urea groups is 1. The van der Waals surface area contributed by atoms with E-state index >= 15 is 0 Å².